The zero-order valence-electron chi connectivity index (χ0n) is 36.5. The quantitative estimate of drug-likeness (QED) is 0.431. The SMILES string of the molecule is [2H]C([2H])([2H])C([2H])([2H])C([2H])([2H])C([2H])([2H])C([2H])([2H])C([2H])([2H])C([2H])([2H])C([2H])([2H])C([2H])([2H])C([2H])([2H])C([2H])([2H])C([2H])([2H])C([2H])([2H])C(=O)OCC. The average molecular weight is 284 g/mol. The van der Waals surface area contributed by atoms with Gasteiger partial charge < -0.3 is 4.74 Å². The first-order valence-electron chi connectivity index (χ1n) is 18.2. The highest BCUT2D eigenvalue weighted by Gasteiger charge is 2.00. The van der Waals surface area contributed by atoms with Crippen molar-refractivity contribution in [1.82, 2.24) is 0 Å². The number of rotatable bonds is 13. The first kappa shape index (κ1) is 2.51. The molecule has 18 heavy (non-hydrogen) atoms. The maximum atomic E-state index is 12.1. The van der Waals surface area contributed by atoms with Gasteiger partial charge in [0, 0.05) is 43.4 Å². The van der Waals surface area contributed by atoms with E-state index >= 15 is 0 Å². The van der Waals surface area contributed by atoms with Gasteiger partial charge in [-0.2, -0.15) is 0 Å². The molecule has 0 saturated heterocycles. The van der Waals surface area contributed by atoms with Crippen LogP contribution in [0, 0.1) is 0 Å². The molecule has 0 rings (SSSR count). The van der Waals surface area contributed by atoms with Crippen LogP contribution in [-0.2, 0) is 9.53 Å². The summed E-state index contributed by atoms with van der Waals surface area (Å²) in [5.41, 5.74) is 0. The van der Waals surface area contributed by atoms with Crippen molar-refractivity contribution in [3.8, 4) is 0 Å². The van der Waals surface area contributed by atoms with Crippen LogP contribution in [0.5, 0.6) is 0 Å². The monoisotopic (exact) mass is 283 g/mol. The van der Waals surface area contributed by atoms with Crippen LogP contribution in [0.4, 0.5) is 0 Å². The molecule has 0 unspecified atom stereocenters. The molecule has 0 N–H and O–H groups in total. The van der Waals surface area contributed by atoms with Gasteiger partial charge in [-0.15, -0.1) is 0 Å². The Morgan fingerprint density at radius 2 is 1.44 bits per heavy atom. The second kappa shape index (κ2) is 14.5. The Labute approximate surface area is 151 Å². The Kier molecular flexibility index (Phi) is 2.02. The summed E-state index contributed by atoms with van der Waals surface area (Å²) < 4.78 is 217. The van der Waals surface area contributed by atoms with E-state index in [1.165, 1.54) is 0 Å². The highest BCUT2D eigenvalue weighted by Crippen LogP contribution is 2.11. The fourth-order valence-corrected chi connectivity index (χ4v) is 0.531. The normalized spacial score (nSPS) is 43.1. The van der Waals surface area contributed by atoms with Crippen LogP contribution in [-0.4, -0.2) is 12.6 Å². The molecule has 0 aromatic rings. The Balaban J connectivity index is 7.47. The van der Waals surface area contributed by atoms with Gasteiger partial charge in [0.2, 0.25) is 0 Å². The minimum Gasteiger partial charge on any atom is -0.466 e. The lowest BCUT2D eigenvalue weighted by atomic mass is 10.1. The predicted molar refractivity (Wildman–Crippen MR) is 77.7 cm³/mol. The van der Waals surface area contributed by atoms with Crippen LogP contribution in [0.1, 0.15) is 127 Å². The largest absolute Gasteiger partial charge is 0.466 e. The summed E-state index contributed by atoms with van der Waals surface area (Å²) in [6, 6.07) is 0. The molecule has 0 aromatic heterocycles. The lowest BCUT2D eigenvalue weighted by molar-refractivity contribution is -0.143. The van der Waals surface area contributed by atoms with Crippen molar-refractivity contribution in [1.29, 1.82) is 0 Å². The Hall–Kier alpha value is -0.530. The zero-order valence-corrected chi connectivity index (χ0v) is 9.52. The average Bonchev–Trinajstić information content (AvgIpc) is 2.81. The maximum Gasteiger partial charge on any atom is 0.305 e. The molecule has 0 saturated carbocycles. The van der Waals surface area contributed by atoms with Crippen LogP contribution >= 0.6 is 0 Å². The van der Waals surface area contributed by atoms with Gasteiger partial charge in [-0.05, 0) is 13.3 Å². The first-order valence-corrected chi connectivity index (χ1v) is 4.65. The summed E-state index contributed by atoms with van der Waals surface area (Å²) in [4.78, 5) is 12.1. The van der Waals surface area contributed by atoms with Crippen LogP contribution in [0.15, 0.2) is 0 Å². The topological polar surface area (TPSA) is 26.3 Å². The van der Waals surface area contributed by atoms with Crippen molar-refractivity contribution in [2.75, 3.05) is 6.61 Å². The van der Waals surface area contributed by atoms with Crippen LogP contribution in [0.25, 0.3) is 0 Å². The van der Waals surface area contributed by atoms with Gasteiger partial charge in [0.05, 0.1) is 6.61 Å². The number of ether oxygens (including phenoxy) is 1. The van der Waals surface area contributed by atoms with E-state index in [1.807, 2.05) is 0 Å². The van der Waals surface area contributed by atoms with E-state index in [9.17, 15) is 4.79 Å². The van der Waals surface area contributed by atoms with Crippen LogP contribution < -0.4 is 0 Å². The van der Waals surface area contributed by atoms with Gasteiger partial charge in [-0.1, -0.05) is 70.6 Å². The van der Waals surface area contributed by atoms with E-state index in [0.717, 1.165) is 6.92 Å². The summed E-state index contributed by atoms with van der Waals surface area (Å²) in [5, 5.41) is 0. The van der Waals surface area contributed by atoms with E-state index in [4.69, 9.17) is 37.0 Å². The standard InChI is InChI=1S/C16H32O2/c1-3-5-6-7-8-9-10-11-12-13-14-15-16(17)18-4-2/h3-15H2,1-2H3/i1D3,3D2,5D2,6D2,7D2,8D2,9D2,10D2,11D2,12D2,13D2,14D2,15D2. The second-order valence-electron chi connectivity index (χ2n) is 2.22. The first-order chi connectivity index (χ1) is 19.0. The number of hydrogen-bond donors (Lipinski definition) is 0. The Bertz CT molecular complexity index is 1100. The van der Waals surface area contributed by atoms with Crippen LogP contribution in [0.2, 0.25) is 0 Å². The summed E-state index contributed by atoms with van der Waals surface area (Å²) in [6.07, 6.45) is -56.4. The Morgan fingerprint density at radius 1 is 0.944 bits per heavy atom. The van der Waals surface area contributed by atoms with Crippen LogP contribution in [0.3, 0.4) is 0 Å². The van der Waals surface area contributed by atoms with E-state index in [0.29, 0.717) is 0 Å². The van der Waals surface area contributed by atoms with E-state index in [2.05, 4.69) is 4.74 Å². The summed E-state index contributed by atoms with van der Waals surface area (Å²) >= 11 is 0. The molecule has 0 aliphatic heterocycles. The van der Waals surface area contributed by atoms with Crippen molar-refractivity contribution in [2.24, 2.45) is 0 Å². The fourth-order valence-electron chi connectivity index (χ4n) is 0.531. The third kappa shape index (κ3) is 13.5. The molecule has 0 atom stereocenters. The third-order valence-electron chi connectivity index (χ3n) is 1.06. The van der Waals surface area contributed by atoms with Gasteiger partial charge in [0.15, 0.2) is 0 Å². The van der Waals surface area contributed by atoms with E-state index < -0.39 is 95.9 Å². The highest BCUT2D eigenvalue weighted by atomic mass is 16.5. The summed E-state index contributed by atoms with van der Waals surface area (Å²) in [7, 11) is 0. The molecule has 108 valence electrons. The third-order valence-corrected chi connectivity index (χ3v) is 1.06. The molecule has 0 aromatic carbocycles. The van der Waals surface area contributed by atoms with Crippen molar-refractivity contribution >= 4 is 5.97 Å². The molecule has 2 nitrogen and oxygen atoms in total. The highest BCUT2D eigenvalue weighted by molar-refractivity contribution is 5.69. The smallest absolute Gasteiger partial charge is 0.305 e. The number of carbonyl (C=O) groups excluding carboxylic acids is 1. The van der Waals surface area contributed by atoms with Gasteiger partial charge in [-0.3, -0.25) is 4.79 Å². The number of carbonyl (C=O) groups is 1. The molecule has 0 bridgehead atoms. The molecule has 2 heteroatoms. The van der Waals surface area contributed by atoms with Gasteiger partial charge in [0.1, 0.15) is 0 Å². The minimum absolute atomic E-state index is 0.593. The van der Waals surface area contributed by atoms with Crippen molar-refractivity contribution in [2.45, 2.75) is 90.3 Å². The fraction of sp³-hybridized carbons (Fsp3) is 0.938. The lowest BCUT2D eigenvalue weighted by Crippen LogP contribution is -2.03. The van der Waals surface area contributed by atoms with E-state index in [-0.39, 0.29) is 0 Å². The zero-order chi connectivity index (χ0) is 37.5. The molecule has 0 radical (unpaired) electrons. The summed E-state index contributed by atoms with van der Waals surface area (Å²) in [5.74, 6) is -2.11. The summed E-state index contributed by atoms with van der Waals surface area (Å²) in [6.45, 7) is -3.51. The number of esters is 1. The maximum absolute atomic E-state index is 12.1. The second-order valence-corrected chi connectivity index (χ2v) is 2.22. The van der Waals surface area contributed by atoms with Gasteiger partial charge >= 0.3 is 5.97 Å². The molecule has 0 aliphatic rings. The molecule has 0 aliphatic carbocycles. The molecular weight excluding hydrogens is 224 g/mol. The molecule has 0 heterocycles. The van der Waals surface area contributed by atoms with Crippen molar-refractivity contribution in [3.63, 3.8) is 0 Å². The van der Waals surface area contributed by atoms with Gasteiger partial charge in [-0.25, -0.2) is 0 Å². The van der Waals surface area contributed by atoms with Gasteiger partial charge in [0.25, 0.3) is 0 Å². The molecule has 0 fully saturated rings. The molecule has 0 amide bonds. The van der Waals surface area contributed by atoms with E-state index in [1.54, 1.807) is 0 Å². The predicted octanol–water partition coefficient (Wildman–Crippen LogP) is 5.25. The number of hydrogen-bond acceptors (Lipinski definition) is 2. The molecular formula is C16H32O2. The Morgan fingerprint density at radius 3 is 1.94 bits per heavy atom. The lowest BCUT2D eigenvalue weighted by Gasteiger charge is -2.03. The minimum atomic E-state index is -4.96. The van der Waals surface area contributed by atoms with Crippen molar-refractivity contribution in [3.05, 3.63) is 0 Å². The van der Waals surface area contributed by atoms with Crippen molar-refractivity contribution < 1.29 is 46.5 Å². The molecule has 0 spiro atoms.